The number of rotatable bonds is 5. The molecule has 0 bridgehead atoms. The van der Waals surface area contributed by atoms with Crippen LogP contribution in [0.4, 0.5) is 4.79 Å². The second-order valence-corrected chi connectivity index (χ2v) is 5.59. The summed E-state index contributed by atoms with van der Waals surface area (Å²) in [5.74, 6) is -0.271. The topological polar surface area (TPSA) is 77.1 Å². The highest BCUT2D eigenvalue weighted by atomic mass is 16.7. The Morgan fingerprint density at radius 1 is 1.27 bits per heavy atom. The summed E-state index contributed by atoms with van der Waals surface area (Å²) in [6.07, 6.45) is 1.75. The highest BCUT2D eigenvalue weighted by molar-refractivity contribution is 5.87. The van der Waals surface area contributed by atoms with Crippen molar-refractivity contribution in [3.63, 3.8) is 0 Å². The second kappa shape index (κ2) is 8.75. The molecule has 1 rings (SSSR count). The Hall–Kier alpha value is -1.60. The summed E-state index contributed by atoms with van der Waals surface area (Å²) in [4.78, 5) is 25.0. The molecule has 1 heterocycles. The zero-order valence-electron chi connectivity index (χ0n) is 13.9. The van der Waals surface area contributed by atoms with Gasteiger partial charge in [-0.25, -0.2) is 4.79 Å². The fourth-order valence-corrected chi connectivity index (χ4v) is 1.65. The third-order valence-corrected chi connectivity index (χ3v) is 3.28. The van der Waals surface area contributed by atoms with Crippen molar-refractivity contribution in [1.82, 2.24) is 10.2 Å². The summed E-state index contributed by atoms with van der Waals surface area (Å²) in [5, 5.41) is 2.76. The van der Waals surface area contributed by atoms with Gasteiger partial charge in [0.2, 0.25) is 5.91 Å². The summed E-state index contributed by atoms with van der Waals surface area (Å²) in [7, 11) is 1.67. The van der Waals surface area contributed by atoms with Gasteiger partial charge in [-0.15, -0.1) is 0 Å². The number of nitrogens with zero attached hydrogens (tertiary/aromatic N) is 1. The van der Waals surface area contributed by atoms with Crippen LogP contribution in [0.25, 0.3) is 0 Å². The molecule has 22 heavy (non-hydrogen) atoms. The molecule has 7 heteroatoms. The standard InChI is InChI=1S/C15H26N2O5/c1-10(2)17(5)15(19)22-11(3)6-7-14(18)16-13-8-20-12(4)21-9-13/h6-7,10-13H,8-9H2,1-5H3,(H,16,18). The summed E-state index contributed by atoms with van der Waals surface area (Å²) < 4.78 is 15.8. The van der Waals surface area contributed by atoms with Crippen LogP contribution in [0.15, 0.2) is 12.2 Å². The molecule has 2 amide bonds. The van der Waals surface area contributed by atoms with Gasteiger partial charge in [0.25, 0.3) is 0 Å². The molecule has 0 aromatic heterocycles. The van der Waals surface area contributed by atoms with Crippen molar-refractivity contribution in [2.45, 2.75) is 52.2 Å². The molecule has 1 unspecified atom stereocenters. The van der Waals surface area contributed by atoms with Crippen molar-refractivity contribution in [2.24, 2.45) is 0 Å². The first-order valence-corrected chi connectivity index (χ1v) is 7.45. The lowest BCUT2D eigenvalue weighted by Crippen LogP contribution is -2.46. The summed E-state index contributed by atoms with van der Waals surface area (Å²) >= 11 is 0. The van der Waals surface area contributed by atoms with E-state index in [1.807, 2.05) is 20.8 Å². The maximum absolute atomic E-state index is 11.8. The van der Waals surface area contributed by atoms with E-state index in [4.69, 9.17) is 14.2 Å². The van der Waals surface area contributed by atoms with Crippen molar-refractivity contribution in [3.8, 4) is 0 Å². The van der Waals surface area contributed by atoms with Crippen LogP contribution in [0.3, 0.4) is 0 Å². The lowest BCUT2D eigenvalue weighted by molar-refractivity contribution is -0.180. The van der Waals surface area contributed by atoms with Crippen LogP contribution in [0.5, 0.6) is 0 Å². The fraction of sp³-hybridized carbons (Fsp3) is 0.733. The van der Waals surface area contributed by atoms with Crippen LogP contribution < -0.4 is 5.32 Å². The Labute approximate surface area is 131 Å². The Kier molecular flexibility index (Phi) is 7.34. The SMILES string of the molecule is CC(C=CC(=O)NC1COC(C)OC1)OC(=O)N(C)C(C)C. The zero-order valence-corrected chi connectivity index (χ0v) is 13.9. The molecule has 1 N–H and O–H groups in total. The molecule has 1 fully saturated rings. The summed E-state index contributed by atoms with van der Waals surface area (Å²) in [6.45, 7) is 8.14. The average molecular weight is 314 g/mol. The third kappa shape index (κ3) is 6.44. The van der Waals surface area contributed by atoms with Gasteiger partial charge in [-0.1, -0.05) is 0 Å². The molecule has 0 spiro atoms. The highest BCUT2D eigenvalue weighted by Crippen LogP contribution is 2.05. The van der Waals surface area contributed by atoms with Crippen LogP contribution >= 0.6 is 0 Å². The van der Waals surface area contributed by atoms with E-state index in [0.717, 1.165) is 0 Å². The van der Waals surface area contributed by atoms with E-state index in [9.17, 15) is 9.59 Å². The van der Waals surface area contributed by atoms with Crippen LogP contribution in [0, 0.1) is 0 Å². The van der Waals surface area contributed by atoms with Gasteiger partial charge in [0, 0.05) is 19.2 Å². The molecular weight excluding hydrogens is 288 g/mol. The van der Waals surface area contributed by atoms with Gasteiger partial charge in [-0.2, -0.15) is 0 Å². The Bertz CT molecular complexity index is 403. The normalized spacial score (nSPS) is 23.4. The Balaban J connectivity index is 2.33. The largest absolute Gasteiger partial charge is 0.442 e. The van der Waals surface area contributed by atoms with Crippen LogP contribution in [-0.4, -0.2) is 61.6 Å². The Morgan fingerprint density at radius 2 is 1.86 bits per heavy atom. The molecule has 0 radical (unpaired) electrons. The van der Waals surface area contributed by atoms with Gasteiger partial charge >= 0.3 is 6.09 Å². The van der Waals surface area contributed by atoms with Gasteiger partial charge in [0.05, 0.1) is 19.3 Å². The van der Waals surface area contributed by atoms with E-state index in [-0.39, 0.29) is 24.3 Å². The smallest absolute Gasteiger partial charge is 0.410 e. The number of hydrogen-bond acceptors (Lipinski definition) is 5. The Morgan fingerprint density at radius 3 is 2.41 bits per heavy atom. The molecule has 126 valence electrons. The summed E-state index contributed by atoms with van der Waals surface area (Å²) in [5.41, 5.74) is 0. The van der Waals surface area contributed by atoms with Gasteiger partial charge in [-0.05, 0) is 33.8 Å². The third-order valence-electron chi connectivity index (χ3n) is 3.28. The maximum atomic E-state index is 11.8. The molecule has 1 atom stereocenters. The molecule has 1 aliphatic heterocycles. The first-order chi connectivity index (χ1) is 10.3. The van der Waals surface area contributed by atoms with Gasteiger partial charge in [0.1, 0.15) is 6.10 Å². The number of ether oxygens (including phenoxy) is 3. The molecule has 0 saturated carbocycles. The minimum atomic E-state index is -0.488. The van der Waals surface area contributed by atoms with Crippen molar-refractivity contribution >= 4 is 12.0 Å². The zero-order chi connectivity index (χ0) is 16.7. The van der Waals surface area contributed by atoms with E-state index in [2.05, 4.69) is 5.32 Å². The first kappa shape index (κ1) is 18.4. The van der Waals surface area contributed by atoms with E-state index < -0.39 is 12.2 Å². The van der Waals surface area contributed by atoms with E-state index >= 15 is 0 Å². The van der Waals surface area contributed by atoms with Gasteiger partial charge in [-0.3, -0.25) is 4.79 Å². The van der Waals surface area contributed by atoms with Crippen LogP contribution in [-0.2, 0) is 19.0 Å². The highest BCUT2D eigenvalue weighted by Gasteiger charge is 2.20. The number of carbonyl (C=O) groups excluding carboxylic acids is 2. The first-order valence-electron chi connectivity index (χ1n) is 7.45. The van der Waals surface area contributed by atoms with Crippen LogP contribution in [0.2, 0.25) is 0 Å². The van der Waals surface area contributed by atoms with Crippen molar-refractivity contribution < 1.29 is 23.8 Å². The van der Waals surface area contributed by atoms with Gasteiger partial charge < -0.3 is 24.4 Å². The predicted molar refractivity (Wildman–Crippen MR) is 81.3 cm³/mol. The number of amides is 2. The van der Waals surface area contributed by atoms with Crippen molar-refractivity contribution in [2.75, 3.05) is 20.3 Å². The van der Waals surface area contributed by atoms with E-state index in [1.165, 1.54) is 17.1 Å². The molecule has 1 saturated heterocycles. The number of hydrogen-bond donors (Lipinski definition) is 1. The van der Waals surface area contributed by atoms with E-state index in [1.54, 1.807) is 14.0 Å². The minimum absolute atomic E-state index is 0.0562. The molecule has 7 nitrogen and oxygen atoms in total. The number of carbonyl (C=O) groups is 2. The van der Waals surface area contributed by atoms with Crippen molar-refractivity contribution in [1.29, 1.82) is 0 Å². The molecule has 1 aliphatic rings. The molecule has 0 aromatic carbocycles. The quantitative estimate of drug-likeness (QED) is 0.774. The maximum Gasteiger partial charge on any atom is 0.410 e. The number of nitrogens with one attached hydrogen (secondary N) is 1. The van der Waals surface area contributed by atoms with E-state index in [0.29, 0.717) is 13.2 Å². The summed E-state index contributed by atoms with van der Waals surface area (Å²) in [6, 6.07) is -0.112. The second-order valence-electron chi connectivity index (χ2n) is 5.59. The predicted octanol–water partition coefficient (Wildman–Crippen LogP) is 1.29. The average Bonchev–Trinajstić information content (AvgIpc) is 2.46. The van der Waals surface area contributed by atoms with Crippen LogP contribution in [0.1, 0.15) is 27.7 Å². The minimum Gasteiger partial charge on any atom is -0.442 e. The monoisotopic (exact) mass is 314 g/mol. The molecular formula is C15H26N2O5. The molecule has 0 aromatic rings. The molecule has 0 aliphatic carbocycles. The lowest BCUT2D eigenvalue weighted by Gasteiger charge is -2.27. The lowest BCUT2D eigenvalue weighted by atomic mass is 10.3. The van der Waals surface area contributed by atoms with Gasteiger partial charge in [0.15, 0.2) is 6.29 Å². The fourth-order valence-electron chi connectivity index (χ4n) is 1.65. The van der Waals surface area contributed by atoms with Crippen molar-refractivity contribution in [3.05, 3.63) is 12.2 Å².